The number of hydrogen-bond donors (Lipinski definition) is 1. The van der Waals surface area contributed by atoms with Crippen LogP contribution in [-0.2, 0) is 15.0 Å². The van der Waals surface area contributed by atoms with Crippen LogP contribution in [0.5, 0.6) is 0 Å². The molecule has 1 aliphatic rings. The molecule has 0 aromatic heterocycles. The van der Waals surface area contributed by atoms with E-state index in [0.717, 1.165) is 24.0 Å². The molecular formula is C10H20N2O4S. The Hall–Kier alpha value is -0.660. The minimum absolute atomic E-state index is 0.292. The number of aliphatic carboxylic acids is 1. The fourth-order valence-electron chi connectivity index (χ4n) is 1.88. The Kier molecular flexibility index (Phi) is 4.91. The summed E-state index contributed by atoms with van der Waals surface area (Å²) in [4.78, 5) is 10.9. The molecule has 2 N–H and O–H groups in total. The second kappa shape index (κ2) is 5.79. The molecule has 0 bridgehead atoms. The van der Waals surface area contributed by atoms with Crippen molar-refractivity contribution < 1.29 is 23.0 Å². The Balaban J connectivity index is 2.73. The molecule has 7 heteroatoms. The quantitative estimate of drug-likeness (QED) is 0.625. The number of hydrogen-bond acceptors (Lipinski definition) is 4. The normalized spacial score (nSPS) is 20.4. The summed E-state index contributed by atoms with van der Waals surface area (Å²) in [5.41, 5.74) is 0. The van der Waals surface area contributed by atoms with Gasteiger partial charge in [0.25, 0.3) is 0 Å². The SMILES string of the molecule is CC(C)[C@H]([NH2+]S(=O)(=O)N1CCCCC1)C(=O)[O-]. The Morgan fingerprint density at radius 2 is 1.76 bits per heavy atom. The van der Waals surface area contributed by atoms with Crippen LogP contribution < -0.4 is 9.83 Å². The zero-order chi connectivity index (χ0) is 13.1. The molecule has 1 fully saturated rings. The first-order valence-electron chi connectivity index (χ1n) is 5.90. The van der Waals surface area contributed by atoms with Crippen LogP contribution in [0.25, 0.3) is 0 Å². The number of carboxylic acids is 1. The van der Waals surface area contributed by atoms with Gasteiger partial charge in [0.2, 0.25) is 0 Å². The van der Waals surface area contributed by atoms with Crippen molar-refractivity contribution in [3.63, 3.8) is 0 Å². The second-order valence-corrected chi connectivity index (χ2v) is 6.55. The average Bonchev–Trinajstić information content (AvgIpc) is 2.26. The molecule has 0 radical (unpaired) electrons. The molecule has 1 saturated heterocycles. The summed E-state index contributed by atoms with van der Waals surface area (Å²) in [6.07, 6.45) is 2.70. The van der Waals surface area contributed by atoms with Gasteiger partial charge in [-0.15, -0.1) is 0 Å². The Morgan fingerprint density at radius 3 is 2.18 bits per heavy atom. The molecule has 0 aromatic rings. The molecule has 1 atom stereocenters. The first-order chi connectivity index (χ1) is 7.84. The smallest absolute Gasteiger partial charge is 0.369 e. The number of quaternary nitrogens is 1. The molecule has 17 heavy (non-hydrogen) atoms. The summed E-state index contributed by atoms with van der Waals surface area (Å²) >= 11 is 0. The molecule has 0 saturated carbocycles. The van der Waals surface area contributed by atoms with Crippen LogP contribution in [0.1, 0.15) is 33.1 Å². The van der Waals surface area contributed by atoms with Gasteiger partial charge >= 0.3 is 10.2 Å². The monoisotopic (exact) mass is 264 g/mol. The molecule has 1 rings (SSSR count). The van der Waals surface area contributed by atoms with Crippen molar-refractivity contribution in [2.45, 2.75) is 39.2 Å². The molecule has 0 aromatic carbocycles. The van der Waals surface area contributed by atoms with E-state index in [1.165, 1.54) is 4.31 Å². The number of carboxylic acid groups (broad SMARTS) is 1. The van der Waals surface area contributed by atoms with E-state index in [4.69, 9.17) is 0 Å². The fourth-order valence-corrected chi connectivity index (χ4v) is 3.61. The fraction of sp³-hybridized carbons (Fsp3) is 0.900. The van der Waals surface area contributed by atoms with E-state index in [-0.39, 0.29) is 5.92 Å². The maximum absolute atomic E-state index is 12.0. The highest BCUT2D eigenvalue weighted by Gasteiger charge is 2.32. The first-order valence-corrected chi connectivity index (χ1v) is 7.41. The standard InChI is InChI=1S/C10H20N2O4S/c1-8(2)9(10(13)14)11-17(15,16)12-6-4-3-5-7-12/h8-9,11H,3-7H2,1-2H3,(H,13,14)/t9-/m0/s1. The summed E-state index contributed by atoms with van der Waals surface area (Å²) in [6, 6.07) is -1.05. The third kappa shape index (κ3) is 3.93. The summed E-state index contributed by atoms with van der Waals surface area (Å²) in [6.45, 7) is 4.30. The summed E-state index contributed by atoms with van der Waals surface area (Å²) < 4.78 is 26.3. The van der Waals surface area contributed by atoms with E-state index < -0.39 is 22.2 Å². The molecule has 6 nitrogen and oxygen atoms in total. The summed E-state index contributed by atoms with van der Waals surface area (Å²) in [5, 5.41) is 10.9. The number of nitrogens with zero attached hydrogens (tertiary/aromatic N) is 1. The van der Waals surface area contributed by atoms with Crippen molar-refractivity contribution in [1.29, 1.82) is 0 Å². The van der Waals surface area contributed by atoms with Gasteiger partial charge in [0, 0.05) is 19.0 Å². The molecule has 100 valence electrons. The van der Waals surface area contributed by atoms with Crippen molar-refractivity contribution in [1.82, 2.24) is 4.31 Å². The van der Waals surface area contributed by atoms with Crippen molar-refractivity contribution >= 4 is 16.2 Å². The Morgan fingerprint density at radius 1 is 1.24 bits per heavy atom. The van der Waals surface area contributed by atoms with E-state index >= 15 is 0 Å². The number of carbonyl (C=O) groups is 1. The van der Waals surface area contributed by atoms with Crippen molar-refractivity contribution in [3.8, 4) is 0 Å². The number of carbonyl (C=O) groups excluding carboxylic acids is 1. The molecule has 0 spiro atoms. The lowest BCUT2D eigenvalue weighted by atomic mass is 10.1. The molecular weight excluding hydrogens is 244 g/mol. The highest BCUT2D eigenvalue weighted by Crippen LogP contribution is 2.10. The van der Waals surface area contributed by atoms with Gasteiger partial charge < -0.3 is 9.90 Å². The zero-order valence-electron chi connectivity index (χ0n) is 10.3. The lowest BCUT2D eigenvalue weighted by Gasteiger charge is -2.27. The third-order valence-corrected chi connectivity index (χ3v) is 4.71. The van der Waals surface area contributed by atoms with Gasteiger partial charge in [-0.05, 0) is 12.8 Å². The third-order valence-electron chi connectivity index (χ3n) is 2.98. The molecule has 0 amide bonds. The van der Waals surface area contributed by atoms with Crippen LogP contribution in [0.15, 0.2) is 0 Å². The van der Waals surface area contributed by atoms with E-state index in [9.17, 15) is 18.3 Å². The van der Waals surface area contributed by atoms with Crippen molar-refractivity contribution in [2.24, 2.45) is 5.92 Å². The van der Waals surface area contributed by atoms with Gasteiger partial charge in [0.15, 0.2) is 0 Å². The van der Waals surface area contributed by atoms with Gasteiger partial charge in [-0.3, -0.25) is 0 Å². The van der Waals surface area contributed by atoms with Gasteiger partial charge in [0.1, 0.15) is 12.0 Å². The van der Waals surface area contributed by atoms with Crippen LogP contribution in [-0.4, -0.2) is 37.8 Å². The van der Waals surface area contributed by atoms with E-state index in [1.807, 2.05) is 0 Å². The lowest BCUT2D eigenvalue weighted by molar-refractivity contribution is -0.552. The predicted molar refractivity (Wildman–Crippen MR) is 59.9 cm³/mol. The van der Waals surface area contributed by atoms with Crippen molar-refractivity contribution in [2.75, 3.05) is 13.1 Å². The van der Waals surface area contributed by atoms with Crippen molar-refractivity contribution in [3.05, 3.63) is 0 Å². The number of nitrogens with two attached hydrogens (primary N) is 1. The summed E-state index contributed by atoms with van der Waals surface area (Å²) in [5.74, 6) is -1.62. The topological polar surface area (TPSA) is 94.1 Å². The minimum atomic E-state index is -3.59. The first kappa shape index (κ1) is 14.4. The number of piperidine rings is 1. The molecule has 1 aliphatic heterocycles. The largest absolute Gasteiger partial charge is 0.544 e. The van der Waals surface area contributed by atoms with Gasteiger partial charge in [0.05, 0.1) is 0 Å². The van der Waals surface area contributed by atoms with Gasteiger partial charge in [-0.2, -0.15) is 12.7 Å². The van der Waals surface area contributed by atoms with Crippen LogP contribution in [0.2, 0.25) is 0 Å². The molecule has 1 heterocycles. The van der Waals surface area contributed by atoms with Crippen LogP contribution in [0.3, 0.4) is 0 Å². The van der Waals surface area contributed by atoms with E-state index in [2.05, 4.69) is 0 Å². The minimum Gasteiger partial charge on any atom is -0.544 e. The maximum atomic E-state index is 12.0. The van der Waals surface area contributed by atoms with Crippen LogP contribution >= 0.6 is 0 Å². The molecule has 0 unspecified atom stereocenters. The maximum Gasteiger partial charge on any atom is 0.369 e. The second-order valence-electron chi connectivity index (χ2n) is 4.73. The van der Waals surface area contributed by atoms with E-state index in [1.54, 1.807) is 13.8 Å². The lowest BCUT2D eigenvalue weighted by Crippen LogP contribution is -2.98. The summed E-state index contributed by atoms with van der Waals surface area (Å²) in [7, 11) is -3.59. The van der Waals surface area contributed by atoms with E-state index in [0.29, 0.717) is 13.1 Å². The van der Waals surface area contributed by atoms with Crippen LogP contribution in [0, 0.1) is 5.92 Å². The Bertz CT molecular complexity index is 361. The van der Waals surface area contributed by atoms with Crippen LogP contribution in [0.4, 0.5) is 0 Å². The predicted octanol–water partition coefficient (Wildman–Crippen LogP) is -1.94. The van der Waals surface area contributed by atoms with Gasteiger partial charge in [-0.25, -0.2) is 4.72 Å². The highest BCUT2D eigenvalue weighted by molar-refractivity contribution is 7.82. The highest BCUT2D eigenvalue weighted by atomic mass is 32.2. The van der Waals surface area contributed by atoms with Gasteiger partial charge in [-0.1, -0.05) is 20.3 Å². The zero-order valence-corrected chi connectivity index (χ0v) is 11.1. The molecule has 0 aliphatic carbocycles. The number of rotatable bonds is 5. The average molecular weight is 264 g/mol. The Labute approximate surface area is 102 Å².